The fourth-order valence-corrected chi connectivity index (χ4v) is 5.35. The molecule has 0 saturated heterocycles. The average Bonchev–Trinajstić information content (AvgIpc) is 2.69. The zero-order valence-corrected chi connectivity index (χ0v) is 15.2. The van der Waals surface area contributed by atoms with Crippen LogP contribution in [0.2, 0.25) is 0 Å². The van der Waals surface area contributed by atoms with E-state index < -0.39 is 0 Å². The molecule has 3 heteroatoms. The van der Waals surface area contributed by atoms with Crippen molar-refractivity contribution in [3.8, 4) is 5.75 Å². The molecule has 0 amide bonds. The van der Waals surface area contributed by atoms with Gasteiger partial charge in [0.15, 0.2) is 0 Å². The molecule has 1 aromatic rings. The molecule has 0 N–H and O–H groups in total. The predicted molar refractivity (Wildman–Crippen MR) is 90.8 cm³/mol. The largest absolute Gasteiger partial charge is 0.489 e. The number of hydrogen-bond acceptors (Lipinski definition) is 1. The topological polar surface area (TPSA) is 9.23 Å². The first-order valence-electron chi connectivity index (χ1n) is 7.69. The van der Waals surface area contributed by atoms with Crippen molar-refractivity contribution in [3.63, 3.8) is 0 Å². The first-order chi connectivity index (χ1) is 9.62. The lowest BCUT2D eigenvalue weighted by molar-refractivity contribution is -0.0465. The van der Waals surface area contributed by atoms with Gasteiger partial charge >= 0.3 is 0 Å². The standard InChI is InChI=1S/C17H22Br2O/c1-12-10-13(18)6-7-14(12)20-16-11-15(19)17(16)8-4-2-3-5-9-17/h6-7,10,15-16H,2-5,8-9,11H2,1H3. The van der Waals surface area contributed by atoms with E-state index in [2.05, 4.69) is 57.0 Å². The number of hydrogen-bond donors (Lipinski definition) is 0. The normalized spacial score (nSPS) is 28.8. The SMILES string of the molecule is Cc1cc(Br)ccc1OC1CC(Br)C12CCCCCC2. The molecule has 2 saturated carbocycles. The summed E-state index contributed by atoms with van der Waals surface area (Å²) >= 11 is 7.43. The van der Waals surface area contributed by atoms with Crippen molar-refractivity contribution in [2.75, 3.05) is 0 Å². The van der Waals surface area contributed by atoms with Crippen molar-refractivity contribution in [2.45, 2.75) is 62.8 Å². The van der Waals surface area contributed by atoms with E-state index in [0.29, 0.717) is 16.3 Å². The number of alkyl halides is 1. The summed E-state index contributed by atoms with van der Waals surface area (Å²) in [5.41, 5.74) is 1.61. The fraction of sp³-hybridized carbons (Fsp3) is 0.647. The second-order valence-electron chi connectivity index (χ2n) is 6.37. The van der Waals surface area contributed by atoms with E-state index in [1.165, 1.54) is 44.1 Å². The molecule has 1 spiro atoms. The Morgan fingerprint density at radius 2 is 1.85 bits per heavy atom. The molecule has 0 aromatic heterocycles. The Morgan fingerprint density at radius 1 is 1.15 bits per heavy atom. The molecule has 2 atom stereocenters. The van der Waals surface area contributed by atoms with Crippen molar-refractivity contribution >= 4 is 31.9 Å². The molecule has 110 valence electrons. The highest BCUT2D eigenvalue weighted by Crippen LogP contribution is 2.55. The van der Waals surface area contributed by atoms with Crippen LogP contribution in [0.1, 0.15) is 50.5 Å². The van der Waals surface area contributed by atoms with Crippen LogP contribution < -0.4 is 4.74 Å². The summed E-state index contributed by atoms with van der Waals surface area (Å²) in [6, 6.07) is 6.32. The lowest BCUT2D eigenvalue weighted by Crippen LogP contribution is -2.56. The van der Waals surface area contributed by atoms with Gasteiger partial charge in [-0.3, -0.25) is 0 Å². The maximum absolute atomic E-state index is 6.40. The van der Waals surface area contributed by atoms with Gasteiger partial charge in [0, 0.05) is 14.7 Å². The summed E-state index contributed by atoms with van der Waals surface area (Å²) in [4.78, 5) is 0.647. The molecule has 2 aliphatic rings. The molecule has 3 rings (SSSR count). The summed E-state index contributed by atoms with van der Waals surface area (Å²) in [6.45, 7) is 2.13. The smallest absolute Gasteiger partial charge is 0.122 e. The Hall–Kier alpha value is -0.0200. The zero-order chi connectivity index (χ0) is 14.2. The minimum atomic E-state index is 0.385. The highest BCUT2D eigenvalue weighted by Gasteiger charge is 2.55. The van der Waals surface area contributed by atoms with Gasteiger partial charge < -0.3 is 4.74 Å². The minimum absolute atomic E-state index is 0.385. The lowest BCUT2D eigenvalue weighted by atomic mass is 9.61. The summed E-state index contributed by atoms with van der Waals surface area (Å²) in [5, 5.41) is 0. The molecule has 20 heavy (non-hydrogen) atoms. The third-order valence-corrected chi connectivity index (χ3v) is 6.91. The Bertz CT molecular complexity index is 478. The van der Waals surface area contributed by atoms with Crippen LogP contribution in [0.5, 0.6) is 5.75 Å². The second-order valence-corrected chi connectivity index (χ2v) is 8.39. The molecule has 0 heterocycles. The Kier molecular flexibility index (Phi) is 4.47. The van der Waals surface area contributed by atoms with Gasteiger partial charge in [0.2, 0.25) is 0 Å². The maximum atomic E-state index is 6.40. The van der Waals surface area contributed by atoms with Crippen LogP contribution in [0.3, 0.4) is 0 Å². The van der Waals surface area contributed by atoms with Crippen LogP contribution in [-0.4, -0.2) is 10.9 Å². The van der Waals surface area contributed by atoms with E-state index in [0.717, 1.165) is 16.6 Å². The van der Waals surface area contributed by atoms with Gasteiger partial charge in [0.1, 0.15) is 11.9 Å². The van der Waals surface area contributed by atoms with Crippen LogP contribution in [0.4, 0.5) is 0 Å². The van der Waals surface area contributed by atoms with Crippen molar-refractivity contribution in [1.82, 2.24) is 0 Å². The third kappa shape index (κ3) is 2.68. The Labute approximate surface area is 138 Å². The molecule has 2 aliphatic carbocycles. The quantitative estimate of drug-likeness (QED) is 0.551. The highest BCUT2D eigenvalue weighted by molar-refractivity contribution is 9.10. The van der Waals surface area contributed by atoms with Crippen LogP contribution in [-0.2, 0) is 0 Å². The number of benzene rings is 1. The Balaban J connectivity index is 1.76. The van der Waals surface area contributed by atoms with Crippen molar-refractivity contribution in [3.05, 3.63) is 28.2 Å². The summed E-state index contributed by atoms with van der Waals surface area (Å²) < 4.78 is 7.53. The van der Waals surface area contributed by atoms with E-state index in [1.54, 1.807) is 0 Å². The van der Waals surface area contributed by atoms with E-state index in [-0.39, 0.29) is 0 Å². The van der Waals surface area contributed by atoms with Gasteiger partial charge in [-0.2, -0.15) is 0 Å². The van der Waals surface area contributed by atoms with Gasteiger partial charge in [-0.05, 0) is 49.9 Å². The van der Waals surface area contributed by atoms with E-state index in [9.17, 15) is 0 Å². The molecule has 2 unspecified atom stereocenters. The first-order valence-corrected chi connectivity index (χ1v) is 9.39. The fourth-order valence-electron chi connectivity index (χ4n) is 3.78. The number of rotatable bonds is 2. The number of halogens is 2. The van der Waals surface area contributed by atoms with Crippen LogP contribution in [0.15, 0.2) is 22.7 Å². The zero-order valence-electron chi connectivity index (χ0n) is 12.0. The van der Waals surface area contributed by atoms with Gasteiger partial charge in [-0.15, -0.1) is 0 Å². The minimum Gasteiger partial charge on any atom is -0.489 e. The van der Waals surface area contributed by atoms with Crippen LogP contribution >= 0.6 is 31.9 Å². The van der Waals surface area contributed by atoms with Crippen molar-refractivity contribution in [2.24, 2.45) is 5.41 Å². The van der Waals surface area contributed by atoms with Gasteiger partial charge in [0.05, 0.1) is 0 Å². The molecule has 0 aliphatic heterocycles. The van der Waals surface area contributed by atoms with Crippen LogP contribution in [0.25, 0.3) is 0 Å². The molecular formula is C17H22Br2O. The van der Waals surface area contributed by atoms with Crippen molar-refractivity contribution in [1.29, 1.82) is 0 Å². The summed E-state index contributed by atoms with van der Waals surface area (Å²) in [6.07, 6.45) is 9.70. The molecular weight excluding hydrogens is 380 g/mol. The Morgan fingerprint density at radius 3 is 2.45 bits per heavy atom. The van der Waals surface area contributed by atoms with Crippen molar-refractivity contribution < 1.29 is 4.74 Å². The molecule has 0 radical (unpaired) electrons. The molecule has 1 aromatic carbocycles. The third-order valence-electron chi connectivity index (χ3n) is 5.13. The average molecular weight is 402 g/mol. The predicted octanol–water partition coefficient (Wildman–Crippen LogP) is 6.01. The van der Waals surface area contributed by atoms with Gasteiger partial charge in [0.25, 0.3) is 0 Å². The molecule has 1 nitrogen and oxygen atoms in total. The monoisotopic (exact) mass is 400 g/mol. The van der Waals surface area contributed by atoms with E-state index >= 15 is 0 Å². The molecule has 0 bridgehead atoms. The second kappa shape index (κ2) is 6.00. The number of aryl methyl sites for hydroxylation is 1. The van der Waals surface area contributed by atoms with Gasteiger partial charge in [-0.25, -0.2) is 0 Å². The summed E-state index contributed by atoms with van der Waals surface area (Å²) in [5.74, 6) is 1.06. The van der Waals surface area contributed by atoms with E-state index in [4.69, 9.17) is 4.74 Å². The van der Waals surface area contributed by atoms with Gasteiger partial charge in [-0.1, -0.05) is 57.5 Å². The molecule has 2 fully saturated rings. The van der Waals surface area contributed by atoms with E-state index in [1.807, 2.05) is 0 Å². The number of ether oxygens (including phenoxy) is 1. The maximum Gasteiger partial charge on any atom is 0.122 e. The highest BCUT2D eigenvalue weighted by atomic mass is 79.9. The lowest BCUT2D eigenvalue weighted by Gasteiger charge is -2.53. The first kappa shape index (κ1) is 14.9. The van der Waals surface area contributed by atoms with Crippen LogP contribution in [0, 0.1) is 12.3 Å². The summed E-state index contributed by atoms with van der Waals surface area (Å²) in [7, 11) is 0.